The molecule has 0 aliphatic carbocycles. The predicted molar refractivity (Wildman–Crippen MR) is 133 cm³/mol. The van der Waals surface area contributed by atoms with Crippen LogP contribution in [0.4, 0.5) is 5.95 Å². The molecule has 0 unspecified atom stereocenters. The van der Waals surface area contributed by atoms with Crippen molar-refractivity contribution < 1.29 is 0 Å². The maximum Gasteiger partial charge on any atom is 0.332 e. The second-order valence-corrected chi connectivity index (χ2v) is 8.86. The Labute approximate surface area is 207 Å². The molecule has 0 amide bonds. The van der Waals surface area contributed by atoms with Gasteiger partial charge in [-0.1, -0.05) is 58.5 Å². The van der Waals surface area contributed by atoms with E-state index < -0.39 is 11.2 Å². The van der Waals surface area contributed by atoms with E-state index in [4.69, 9.17) is 46.4 Å². The minimum absolute atomic E-state index is 0.180. The number of hydrogen-bond acceptors (Lipinski definition) is 5. The summed E-state index contributed by atoms with van der Waals surface area (Å²) in [7, 11) is 2.95. The number of imidazole rings is 1. The normalized spacial score (nSPS) is 11.6. The summed E-state index contributed by atoms with van der Waals surface area (Å²) in [6.45, 7) is 0.180. The first-order valence-corrected chi connectivity index (χ1v) is 11.0. The van der Waals surface area contributed by atoms with Gasteiger partial charge in [0.1, 0.15) is 0 Å². The van der Waals surface area contributed by atoms with Gasteiger partial charge in [-0.15, -0.1) is 0 Å². The van der Waals surface area contributed by atoms with E-state index in [1.54, 1.807) is 41.0 Å². The van der Waals surface area contributed by atoms with Crippen LogP contribution in [-0.4, -0.2) is 24.9 Å². The van der Waals surface area contributed by atoms with Gasteiger partial charge in [0, 0.05) is 34.7 Å². The molecule has 8 nitrogen and oxygen atoms in total. The van der Waals surface area contributed by atoms with Gasteiger partial charge in [0.2, 0.25) is 5.95 Å². The van der Waals surface area contributed by atoms with E-state index in [0.717, 1.165) is 4.57 Å². The maximum absolute atomic E-state index is 13.0. The average molecular weight is 526 g/mol. The van der Waals surface area contributed by atoms with Crippen molar-refractivity contribution in [3.63, 3.8) is 0 Å². The predicted octanol–water partition coefficient (Wildman–Crippen LogP) is 4.54. The lowest BCUT2D eigenvalue weighted by molar-refractivity contribution is 0.702. The summed E-state index contributed by atoms with van der Waals surface area (Å²) >= 11 is 24.5. The number of halogens is 4. The second-order valence-electron chi connectivity index (χ2n) is 7.17. The minimum Gasteiger partial charge on any atom is -0.298 e. The van der Waals surface area contributed by atoms with Gasteiger partial charge in [-0.2, -0.15) is 10.1 Å². The van der Waals surface area contributed by atoms with E-state index in [-0.39, 0.29) is 23.7 Å². The average Bonchev–Trinajstić information content (AvgIpc) is 3.12. The number of fused-ring (bicyclic) bond motifs is 1. The van der Waals surface area contributed by atoms with E-state index in [9.17, 15) is 9.59 Å². The van der Waals surface area contributed by atoms with Gasteiger partial charge in [-0.3, -0.25) is 18.5 Å². The molecule has 4 rings (SSSR count). The lowest BCUT2D eigenvalue weighted by atomic mass is 10.2. The van der Waals surface area contributed by atoms with Gasteiger partial charge in [-0.25, -0.2) is 10.2 Å². The van der Waals surface area contributed by atoms with Gasteiger partial charge in [-0.05, 0) is 29.8 Å². The van der Waals surface area contributed by atoms with Gasteiger partial charge < -0.3 is 0 Å². The van der Waals surface area contributed by atoms with Crippen LogP contribution < -0.4 is 16.7 Å². The van der Waals surface area contributed by atoms with Crippen molar-refractivity contribution in [2.75, 3.05) is 5.43 Å². The number of hydrazone groups is 1. The van der Waals surface area contributed by atoms with E-state index in [1.165, 1.54) is 24.9 Å². The van der Waals surface area contributed by atoms with Crippen LogP contribution in [0.3, 0.4) is 0 Å². The molecular weight excluding hydrogens is 510 g/mol. The number of aromatic nitrogens is 4. The molecule has 2 aromatic carbocycles. The number of aryl methyl sites for hydroxylation is 1. The number of anilines is 1. The Bertz CT molecular complexity index is 1540. The van der Waals surface area contributed by atoms with Crippen molar-refractivity contribution >= 4 is 69.7 Å². The Morgan fingerprint density at radius 3 is 2.30 bits per heavy atom. The van der Waals surface area contributed by atoms with Gasteiger partial charge in [0.05, 0.1) is 17.8 Å². The maximum atomic E-state index is 13.0. The van der Waals surface area contributed by atoms with E-state index >= 15 is 0 Å². The number of nitrogens with zero attached hydrogens (tertiary/aromatic N) is 5. The zero-order valence-corrected chi connectivity index (χ0v) is 20.3. The Hall–Kier alpha value is -2.78. The largest absolute Gasteiger partial charge is 0.332 e. The molecule has 0 aliphatic heterocycles. The molecular formula is C21H16Cl4N6O2. The Kier molecular flexibility index (Phi) is 6.54. The van der Waals surface area contributed by atoms with Gasteiger partial charge in [0.25, 0.3) is 5.56 Å². The van der Waals surface area contributed by atoms with Crippen LogP contribution in [0.5, 0.6) is 0 Å². The third-order valence-electron chi connectivity index (χ3n) is 5.02. The molecule has 4 aromatic rings. The highest BCUT2D eigenvalue weighted by Crippen LogP contribution is 2.25. The summed E-state index contributed by atoms with van der Waals surface area (Å²) in [4.78, 5) is 29.8. The lowest BCUT2D eigenvalue weighted by Crippen LogP contribution is -2.37. The first-order valence-electron chi connectivity index (χ1n) is 9.51. The standard InChI is InChI=1S/C21H16Cl4N6O2/c1-29-18-17(19(32)30(2)21(29)33)31(10-12-4-6-14(23)8-16(12)25)20(27-18)28-26-9-11-3-5-13(22)7-15(11)24/h3-9H,10H2,1-2H3,(H,27,28)/b26-9-. The summed E-state index contributed by atoms with van der Waals surface area (Å²) in [5, 5.41) is 6.04. The quantitative estimate of drug-likeness (QED) is 0.306. The highest BCUT2D eigenvalue weighted by molar-refractivity contribution is 6.36. The highest BCUT2D eigenvalue weighted by Gasteiger charge is 2.20. The second kappa shape index (κ2) is 9.23. The summed E-state index contributed by atoms with van der Waals surface area (Å²) in [6.07, 6.45) is 1.49. The number of rotatable bonds is 5. The first kappa shape index (κ1) is 23.4. The zero-order valence-electron chi connectivity index (χ0n) is 17.3. The van der Waals surface area contributed by atoms with Crippen LogP contribution in [0, 0.1) is 0 Å². The third-order valence-corrected chi connectivity index (χ3v) is 6.17. The number of nitrogens with one attached hydrogen (secondary N) is 1. The van der Waals surface area contributed by atoms with Crippen LogP contribution in [-0.2, 0) is 20.6 Å². The van der Waals surface area contributed by atoms with Crippen molar-refractivity contribution in [2.24, 2.45) is 19.2 Å². The number of benzene rings is 2. The van der Waals surface area contributed by atoms with Crippen molar-refractivity contribution in [1.82, 2.24) is 18.7 Å². The molecule has 0 fully saturated rings. The van der Waals surface area contributed by atoms with Crippen molar-refractivity contribution in [2.45, 2.75) is 6.54 Å². The van der Waals surface area contributed by atoms with Gasteiger partial charge >= 0.3 is 5.69 Å². The zero-order chi connectivity index (χ0) is 23.9. The Balaban J connectivity index is 1.84. The molecule has 2 heterocycles. The SMILES string of the molecule is Cn1c(=O)c2c(nc(N/N=C\c3ccc(Cl)cc3Cl)n2Cc2ccc(Cl)cc2Cl)n(C)c1=O. The first-order chi connectivity index (χ1) is 15.7. The molecule has 2 aromatic heterocycles. The fourth-order valence-electron chi connectivity index (χ4n) is 3.27. The van der Waals surface area contributed by atoms with Crippen LogP contribution in [0.25, 0.3) is 11.2 Å². The summed E-state index contributed by atoms with van der Waals surface area (Å²) < 4.78 is 3.92. The molecule has 12 heteroatoms. The van der Waals surface area contributed by atoms with Crippen LogP contribution in [0.1, 0.15) is 11.1 Å². The van der Waals surface area contributed by atoms with Crippen LogP contribution in [0.2, 0.25) is 20.1 Å². The number of hydrogen-bond donors (Lipinski definition) is 1. The van der Waals surface area contributed by atoms with Crippen molar-refractivity contribution in [3.05, 3.63) is 88.5 Å². The molecule has 0 spiro atoms. The minimum atomic E-state index is -0.497. The monoisotopic (exact) mass is 524 g/mol. The molecule has 170 valence electrons. The Morgan fingerprint density at radius 1 is 0.970 bits per heavy atom. The molecule has 0 radical (unpaired) electrons. The fourth-order valence-corrected chi connectivity index (χ4v) is 4.20. The van der Waals surface area contributed by atoms with E-state index in [2.05, 4.69) is 15.5 Å². The molecule has 0 saturated heterocycles. The summed E-state index contributed by atoms with van der Waals surface area (Å²) in [5.41, 5.74) is 3.59. The Morgan fingerprint density at radius 2 is 1.64 bits per heavy atom. The fraction of sp³-hybridized carbons (Fsp3) is 0.143. The molecule has 0 aliphatic rings. The summed E-state index contributed by atoms with van der Waals surface area (Å²) in [5.74, 6) is 0.232. The van der Waals surface area contributed by atoms with Crippen LogP contribution >= 0.6 is 46.4 Å². The highest BCUT2D eigenvalue weighted by atomic mass is 35.5. The third kappa shape index (κ3) is 4.52. The van der Waals surface area contributed by atoms with Crippen molar-refractivity contribution in [1.29, 1.82) is 0 Å². The van der Waals surface area contributed by atoms with Crippen LogP contribution in [0.15, 0.2) is 51.1 Å². The summed E-state index contributed by atoms with van der Waals surface area (Å²) in [6, 6.07) is 10.1. The molecule has 1 N–H and O–H groups in total. The molecule has 0 saturated carbocycles. The molecule has 33 heavy (non-hydrogen) atoms. The van der Waals surface area contributed by atoms with E-state index in [1.807, 2.05) is 0 Å². The van der Waals surface area contributed by atoms with E-state index in [0.29, 0.717) is 31.2 Å². The van der Waals surface area contributed by atoms with Gasteiger partial charge in [0.15, 0.2) is 11.2 Å². The lowest BCUT2D eigenvalue weighted by Gasteiger charge is -2.11. The smallest absolute Gasteiger partial charge is 0.298 e. The topological polar surface area (TPSA) is 86.2 Å². The molecule has 0 atom stereocenters. The van der Waals surface area contributed by atoms with Crippen molar-refractivity contribution in [3.8, 4) is 0 Å². The molecule has 0 bridgehead atoms.